The maximum Gasteiger partial charge on any atom is 0.321 e. The first-order chi connectivity index (χ1) is 11.6. The molecule has 0 aliphatic heterocycles. The van der Waals surface area contributed by atoms with Gasteiger partial charge in [0.05, 0.1) is 6.10 Å². The zero-order valence-corrected chi connectivity index (χ0v) is 16.0. The molecule has 0 spiro atoms. The Morgan fingerprint density at radius 3 is 1.85 bits per heavy atom. The predicted octanol–water partition coefficient (Wildman–Crippen LogP) is 2.05. The first kappa shape index (κ1) is 24.4. The standard InChI is InChI=1S/C19H24N2O3.2ClH/c20-16(11-14-7-3-1-4-8-14)18(22)13-21-17(19(23)24)12-15-9-5-2-6-10-15;;/h1-10,16-18,21-22H,11-13,20H2,(H,23,24);2*1H/t16-,17-,18?;;/m0../s1. The van der Waals surface area contributed by atoms with E-state index in [0.29, 0.717) is 12.8 Å². The van der Waals surface area contributed by atoms with Gasteiger partial charge in [0.25, 0.3) is 0 Å². The molecule has 0 aliphatic carbocycles. The molecule has 1 unspecified atom stereocenters. The van der Waals surface area contributed by atoms with Gasteiger partial charge in [0.2, 0.25) is 0 Å². The van der Waals surface area contributed by atoms with E-state index in [0.717, 1.165) is 11.1 Å². The average Bonchev–Trinajstić information content (AvgIpc) is 2.59. The number of hydrogen-bond donors (Lipinski definition) is 4. The van der Waals surface area contributed by atoms with Crippen molar-refractivity contribution < 1.29 is 15.0 Å². The van der Waals surface area contributed by atoms with Gasteiger partial charge in [-0.1, -0.05) is 60.7 Å². The van der Waals surface area contributed by atoms with Crippen LogP contribution in [0, 0.1) is 0 Å². The molecule has 5 N–H and O–H groups in total. The monoisotopic (exact) mass is 400 g/mol. The lowest BCUT2D eigenvalue weighted by atomic mass is 10.0. The Morgan fingerprint density at radius 2 is 1.38 bits per heavy atom. The largest absolute Gasteiger partial charge is 0.480 e. The molecule has 2 rings (SSSR count). The van der Waals surface area contributed by atoms with Crippen LogP contribution in [-0.2, 0) is 17.6 Å². The smallest absolute Gasteiger partial charge is 0.321 e. The summed E-state index contributed by atoms with van der Waals surface area (Å²) in [5, 5.41) is 22.4. The molecule has 0 heterocycles. The summed E-state index contributed by atoms with van der Waals surface area (Å²) >= 11 is 0. The van der Waals surface area contributed by atoms with Crippen molar-refractivity contribution in [3.63, 3.8) is 0 Å². The molecule has 5 nitrogen and oxygen atoms in total. The Balaban J connectivity index is 0.00000312. The summed E-state index contributed by atoms with van der Waals surface area (Å²) in [6.07, 6.45) is 0.0829. The maximum absolute atomic E-state index is 11.4. The third-order valence-corrected chi connectivity index (χ3v) is 3.96. The van der Waals surface area contributed by atoms with Crippen LogP contribution in [0.5, 0.6) is 0 Å². The summed E-state index contributed by atoms with van der Waals surface area (Å²) in [6.45, 7) is 0.137. The molecule has 0 fully saturated rings. The lowest BCUT2D eigenvalue weighted by Gasteiger charge is -2.22. The molecule has 2 aromatic carbocycles. The Kier molecular flexibility index (Phi) is 11.9. The van der Waals surface area contributed by atoms with E-state index in [-0.39, 0.29) is 31.4 Å². The van der Waals surface area contributed by atoms with Crippen molar-refractivity contribution in [1.82, 2.24) is 5.32 Å². The first-order valence-electron chi connectivity index (χ1n) is 8.04. The highest BCUT2D eigenvalue weighted by Crippen LogP contribution is 2.06. The minimum atomic E-state index is -0.942. The van der Waals surface area contributed by atoms with Gasteiger partial charge in [-0.05, 0) is 24.0 Å². The fourth-order valence-electron chi connectivity index (χ4n) is 2.53. The van der Waals surface area contributed by atoms with Crippen molar-refractivity contribution in [3.8, 4) is 0 Å². The zero-order chi connectivity index (χ0) is 17.4. The molecule has 0 aliphatic rings. The highest BCUT2D eigenvalue weighted by Gasteiger charge is 2.21. The number of carbonyl (C=O) groups is 1. The number of carboxylic acids is 1. The van der Waals surface area contributed by atoms with Crippen LogP contribution < -0.4 is 11.1 Å². The summed E-state index contributed by atoms with van der Waals surface area (Å²) in [5.41, 5.74) is 8.00. The second kappa shape index (κ2) is 12.7. The van der Waals surface area contributed by atoms with E-state index in [1.807, 2.05) is 60.7 Å². The fraction of sp³-hybridized carbons (Fsp3) is 0.316. The second-order valence-corrected chi connectivity index (χ2v) is 5.91. The van der Waals surface area contributed by atoms with Crippen LogP contribution in [0.1, 0.15) is 11.1 Å². The van der Waals surface area contributed by atoms with E-state index >= 15 is 0 Å². The number of nitrogens with two attached hydrogens (primary N) is 1. The third-order valence-electron chi connectivity index (χ3n) is 3.96. The number of rotatable bonds is 9. The number of nitrogens with one attached hydrogen (secondary N) is 1. The van der Waals surface area contributed by atoms with Gasteiger partial charge in [0, 0.05) is 12.6 Å². The Labute approximate surface area is 166 Å². The van der Waals surface area contributed by atoms with Gasteiger partial charge in [-0.3, -0.25) is 4.79 Å². The van der Waals surface area contributed by atoms with Crippen LogP contribution in [0.2, 0.25) is 0 Å². The lowest BCUT2D eigenvalue weighted by molar-refractivity contribution is -0.139. The van der Waals surface area contributed by atoms with Gasteiger partial charge in [-0.2, -0.15) is 0 Å². The number of halogens is 2. The van der Waals surface area contributed by atoms with Gasteiger partial charge < -0.3 is 21.3 Å². The first-order valence-corrected chi connectivity index (χ1v) is 8.04. The topological polar surface area (TPSA) is 95.6 Å². The molecule has 0 radical (unpaired) electrons. The van der Waals surface area contributed by atoms with Crippen LogP contribution in [0.3, 0.4) is 0 Å². The van der Waals surface area contributed by atoms with Crippen molar-refractivity contribution in [2.75, 3.05) is 6.54 Å². The van der Waals surface area contributed by atoms with Crippen molar-refractivity contribution in [3.05, 3.63) is 71.8 Å². The van der Waals surface area contributed by atoms with Crippen LogP contribution >= 0.6 is 24.8 Å². The summed E-state index contributed by atoms with van der Waals surface area (Å²) in [6, 6.07) is 17.9. The van der Waals surface area contributed by atoms with Gasteiger partial charge in [-0.25, -0.2) is 0 Å². The quantitative estimate of drug-likeness (QED) is 0.516. The van der Waals surface area contributed by atoms with Crippen molar-refractivity contribution >= 4 is 30.8 Å². The second-order valence-electron chi connectivity index (χ2n) is 5.91. The van der Waals surface area contributed by atoms with Crippen molar-refractivity contribution in [1.29, 1.82) is 0 Å². The lowest BCUT2D eigenvalue weighted by Crippen LogP contribution is -2.48. The molecule has 0 amide bonds. The van der Waals surface area contributed by atoms with E-state index in [1.54, 1.807) is 0 Å². The molecule has 0 saturated carbocycles. The Morgan fingerprint density at radius 1 is 0.923 bits per heavy atom. The van der Waals surface area contributed by atoms with Gasteiger partial charge in [0.1, 0.15) is 6.04 Å². The fourth-order valence-corrected chi connectivity index (χ4v) is 2.53. The molecule has 3 atom stereocenters. The van der Waals surface area contributed by atoms with Crippen molar-refractivity contribution in [2.45, 2.75) is 31.0 Å². The molecule has 0 aromatic heterocycles. The molecular formula is C19H26Cl2N2O3. The minimum Gasteiger partial charge on any atom is -0.480 e. The highest BCUT2D eigenvalue weighted by atomic mass is 35.5. The molecule has 144 valence electrons. The predicted molar refractivity (Wildman–Crippen MR) is 108 cm³/mol. The molecular weight excluding hydrogens is 375 g/mol. The van der Waals surface area contributed by atoms with Gasteiger partial charge >= 0.3 is 5.97 Å². The van der Waals surface area contributed by atoms with E-state index < -0.39 is 24.2 Å². The SMILES string of the molecule is Cl.Cl.N[C@@H](Cc1ccccc1)C(O)CN[C@@H](Cc1ccccc1)C(=O)O. The number of benzene rings is 2. The average molecular weight is 401 g/mol. The number of carboxylic acid groups (broad SMARTS) is 1. The number of aliphatic hydroxyl groups excluding tert-OH is 1. The summed E-state index contributed by atoms with van der Waals surface area (Å²) in [4.78, 5) is 11.4. The van der Waals surface area contributed by atoms with Crippen molar-refractivity contribution in [2.24, 2.45) is 5.73 Å². The minimum absolute atomic E-state index is 0. The molecule has 26 heavy (non-hydrogen) atoms. The van der Waals surface area contributed by atoms with Crippen LogP contribution in [0.25, 0.3) is 0 Å². The highest BCUT2D eigenvalue weighted by molar-refractivity contribution is 5.85. The number of aliphatic carboxylic acids is 1. The molecule has 7 heteroatoms. The van der Waals surface area contributed by atoms with Gasteiger partial charge in [0.15, 0.2) is 0 Å². The van der Waals surface area contributed by atoms with E-state index in [2.05, 4.69) is 5.32 Å². The normalized spacial score (nSPS) is 13.6. The maximum atomic E-state index is 11.4. The number of hydrogen-bond acceptors (Lipinski definition) is 4. The van der Waals surface area contributed by atoms with E-state index in [9.17, 15) is 15.0 Å². The van der Waals surface area contributed by atoms with E-state index in [4.69, 9.17) is 5.73 Å². The Bertz CT molecular complexity index is 629. The Hall–Kier alpha value is -1.63. The van der Waals surface area contributed by atoms with Gasteiger partial charge in [-0.15, -0.1) is 24.8 Å². The molecule has 0 saturated heterocycles. The molecule has 2 aromatic rings. The third kappa shape index (κ3) is 8.17. The van der Waals surface area contributed by atoms with E-state index in [1.165, 1.54) is 0 Å². The number of aliphatic hydroxyl groups is 1. The summed E-state index contributed by atoms with van der Waals surface area (Å²) in [7, 11) is 0. The summed E-state index contributed by atoms with van der Waals surface area (Å²) < 4.78 is 0. The zero-order valence-electron chi connectivity index (χ0n) is 14.3. The summed E-state index contributed by atoms with van der Waals surface area (Å²) in [5.74, 6) is -0.942. The van der Waals surface area contributed by atoms with Crippen LogP contribution in [0.4, 0.5) is 0 Å². The van der Waals surface area contributed by atoms with Crippen LogP contribution in [0.15, 0.2) is 60.7 Å². The molecule has 0 bridgehead atoms. The van der Waals surface area contributed by atoms with Crippen LogP contribution in [-0.4, -0.2) is 40.9 Å².